The van der Waals surface area contributed by atoms with E-state index >= 15 is 0 Å². The molecule has 0 spiro atoms. The Morgan fingerprint density at radius 3 is 2.61 bits per heavy atom. The summed E-state index contributed by atoms with van der Waals surface area (Å²) in [6, 6.07) is 19.5. The van der Waals surface area contributed by atoms with Gasteiger partial charge in [-0.25, -0.2) is 4.98 Å². The van der Waals surface area contributed by atoms with Crippen molar-refractivity contribution in [2.45, 2.75) is 0 Å². The van der Waals surface area contributed by atoms with Crippen LogP contribution in [0.25, 0.3) is 33.5 Å². The Labute approximate surface area is 203 Å². The van der Waals surface area contributed by atoms with Crippen molar-refractivity contribution in [1.29, 1.82) is 0 Å². The molecule has 9 heteroatoms. The number of rotatable bonds is 3. The van der Waals surface area contributed by atoms with Crippen LogP contribution in [0.2, 0.25) is 10.0 Å². The Hall–Kier alpha value is -3.52. The molecule has 2 N–H and O–H groups in total. The van der Waals surface area contributed by atoms with Gasteiger partial charge in [-0.05, 0) is 60.1 Å². The van der Waals surface area contributed by atoms with Gasteiger partial charge in [0.05, 0.1) is 10.7 Å². The first-order valence-electron chi connectivity index (χ1n) is 9.80. The number of amides is 1. The molecule has 6 nitrogen and oxygen atoms in total. The molecule has 0 aliphatic carbocycles. The molecule has 0 unspecified atom stereocenters. The summed E-state index contributed by atoms with van der Waals surface area (Å²) in [6.07, 6.45) is 1.65. The number of anilines is 1. The standard InChI is InChI=1S/C24H14Cl2N4O2S/c25-17-7-2-4-14-15(17)5-1-6-16(14)22(31)30-24(33)28-19-12-13(9-10-18(19)26)23-29-21-20(32-23)8-3-11-27-21/h1-12H,(H2,28,30,31,33). The monoisotopic (exact) mass is 492 g/mol. The third-order valence-electron chi connectivity index (χ3n) is 4.97. The first kappa shape index (κ1) is 21.3. The molecule has 5 rings (SSSR count). The number of benzene rings is 3. The molecule has 5 aromatic rings. The molecule has 0 aliphatic rings. The van der Waals surface area contributed by atoms with Gasteiger partial charge < -0.3 is 9.73 Å². The molecule has 0 saturated carbocycles. The summed E-state index contributed by atoms with van der Waals surface area (Å²) in [7, 11) is 0. The van der Waals surface area contributed by atoms with Gasteiger partial charge in [0.15, 0.2) is 16.3 Å². The van der Waals surface area contributed by atoms with Gasteiger partial charge in [-0.1, -0.05) is 47.5 Å². The van der Waals surface area contributed by atoms with Crippen LogP contribution in [0.4, 0.5) is 5.69 Å². The van der Waals surface area contributed by atoms with Crippen LogP contribution in [0, 0.1) is 0 Å². The van der Waals surface area contributed by atoms with E-state index in [2.05, 4.69) is 20.6 Å². The second-order valence-corrected chi connectivity index (χ2v) is 8.31. The van der Waals surface area contributed by atoms with Crippen molar-refractivity contribution in [1.82, 2.24) is 15.3 Å². The molecular weight excluding hydrogens is 479 g/mol. The third-order valence-corrected chi connectivity index (χ3v) is 5.83. The number of carbonyl (C=O) groups is 1. The fourth-order valence-corrected chi connectivity index (χ4v) is 4.05. The lowest BCUT2D eigenvalue weighted by Crippen LogP contribution is -2.34. The van der Waals surface area contributed by atoms with E-state index in [1.807, 2.05) is 12.1 Å². The van der Waals surface area contributed by atoms with Gasteiger partial charge in [0.25, 0.3) is 5.91 Å². The number of halogens is 2. The van der Waals surface area contributed by atoms with Gasteiger partial charge >= 0.3 is 0 Å². The van der Waals surface area contributed by atoms with Crippen LogP contribution >= 0.6 is 35.4 Å². The quantitative estimate of drug-likeness (QED) is 0.280. The highest BCUT2D eigenvalue weighted by molar-refractivity contribution is 7.80. The average molecular weight is 493 g/mol. The Balaban J connectivity index is 1.37. The second-order valence-electron chi connectivity index (χ2n) is 7.09. The maximum atomic E-state index is 12.9. The number of thiocarbonyl (C=S) groups is 1. The second kappa shape index (κ2) is 8.78. The normalized spacial score (nSPS) is 11.0. The molecule has 3 aromatic carbocycles. The molecule has 0 bridgehead atoms. The summed E-state index contributed by atoms with van der Waals surface area (Å²) in [5.74, 6) is 0.0312. The summed E-state index contributed by atoms with van der Waals surface area (Å²) in [4.78, 5) is 21.5. The number of carbonyl (C=O) groups excluding carboxylic acids is 1. The number of nitrogens with zero attached hydrogens (tertiary/aromatic N) is 2. The Bertz CT molecular complexity index is 1520. The lowest BCUT2D eigenvalue weighted by Gasteiger charge is -2.13. The zero-order chi connectivity index (χ0) is 22.9. The Morgan fingerprint density at radius 2 is 1.76 bits per heavy atom. The van der Waals surface area contributed by atoms with Crippen molar-refractivity contribution in [3.63, 3.8) is 0 Å². The van der Waals surface area contributed by atoms with Crippen molar-refractivity contribution in [3.05, 3.63) is 88.5 Å². The molecule has 162 valence electrons. The molecule has 33 heavy (non-hydrogen) atoms. The zero-order valence-electron chi connectivity index (χ0n) is 16.8. The van der Waals surface area contributed by atoms with E-state index in [1.165, 1.54) is 0 Å². The van der Waals surface area contributed by atoms with Gasteiger partial charge in [-0.15, -0.1) is 0 Å². The summed E-state index contributed by atoms with van der Waals surface area (Å²) in [6.45, 7) is 0. The number of aromatic nitrogens is 2. The van der Waals surface area contributed by atoms with Crippen LogP contribution in [-0.4, -0.2) is 21.0 Å². The predicted octanol–water partition coefficient (Wildman–Crippen LogP) is 6.48. The van der Waals surface area contributed by atoms with Crippen molar-refractivity contribution in [3.8, 4) is 11.5 Å². The predicted molar refractivity (Wildman–Crippen MR) is 135 cm³/mol. The van der Waals surface area contributed by atoms with Crippen LogP contribution in [0.5, 0.6) is 0 Å². The van der Waals surface area contributed by atoms with E-state index in [0.29, 0.717) is 44.0 Å². The molecule has 0 radical (unpaired) electrons. The molecule has 0 atom stereocenters. The third kappa shape index (κ3) is 4.26. The van der Waals surface area contributed by atoms with E-state index in [9.17, 15) is 4.79 Å². The fraction of sp³-hybridized carbons (Fsp3) is 0. The highest BCUT2D eigenvalue weighted by atomic mass is 35.5. The molecule has 2 aromatic heterocycles. The first-order chi connectivity index (χ1) is 16.0. The van der Waals surface area contributed by atoms with Crippen molar-refractivity contribution >= 4 is 74.1 Å². The summed E-state index contributed by atoms with van der Waals surface area (Å²) in [5.41, 5.74) is 2.72. The minimum absolute atomic E-state index is 0.0947. The molecule has 0 aliphatic heterocycles. The molecule has 0 fully saturated rings. The van der Waals surface area contributed by atoms with E-state index < -0.39 is 0 Å². The minimum atomic E-state index is -0.363. The number of hydrogen-bond acceptors (Lipinski definition) is 5. The Kier molecular flexibility index (Phi) is 5.68. The molecular formula is C24H14Cl2N4O2S. The van der Waals surface area contributed by atoms with Gasteiger partial charge in [-0.2, -0.15) is 4.98 Å². The van der Waals surface area contributed by atoms with Gasteiger partial charge in [0, 0.05) is 27.7 Å². The van der Waals surface area contributed by atoms with Crippen LogP contribution in [0.15, 0.2) is 77.3 Å². The number of pyridine rings is 1. The summed E-state index contributed by atoms with van der Waals surface area (Å²) >= 11 is 18.0. The smallest absolute Gasteiger partial charge is 0.258 e. The van der Waals surface area contributed by atoms with Gasteiger partial charge in [-0.3, -0.25) is 10.1 Å². The zero-order valence-corrected chi connectivity index (χ0v) is 19.1. The number of oxazole rings is 1. The molecule has 2 heterocycles. The minimum Gasteiger partial charge on any atom is -0.434 e. The maximum Gasteiger partial charge on any atom is 0.258 e. The van der Waals surface area contributed by atoms with Crippen molar-refractivity contribution in [2.75, 3.05) is 5.32 Å². The van der Waals surface area contributed by atoms with Crippen LogP contribution in [0.1, 0.15) is 10.4 Å². The first-order valence-corrected chi connectivity index (χ1v) is 11.0. The van der Waals surface area contributed by atoms with E-state index in [0.717, 1.165) is 10.8 Å². The van der Waals surface area contributed by atoms with Crippen molar-refractivity contribution < 1.29 is 9.21 Å². The number of fused-ring (bicyclic) bond motifs is 2. The topological polar surface area (TPSA) is 80.0 Å². The lowest BCUT2D eigenvalue weighted by molar-refractivity contribution is 0.0979. The SMILES string of the molecule is O=C(NC(=S)Nc1cc(-c2nc3ncccc3o2)ccc1Cl)c1cccc2c(Cl)cccc12. The van der Waals surface area contributed by atoms with Gasteiger partial charge in [0.2, 0.25) is 5.89 Å². The number of hydrogen-bond donors (Lipinski definition) is 2. The van der Waals surface area contributed by atoms with E-state index in [4.69, 9.17) is 39.8 Å². The summed E-state index contributed by atoms with van der Waals surface area (Å²) in [5, 5.41) is 8.27. The number of nitrogens with one attached hydrogen (secondary N) is 2. The van der Waals surface area contributed by atoms with E-state index in [1.54, 1.807) is 60.8 Å². The Morgan fingerprint density at radius 1 is 0.939 bits per heavy atom. The largest absolute Gasteiger partial charge is 0.434 e. The highest BCUT2D eigenvalue weighted by Gasteiger charge is 2.15. The van der Waals surface area contributed by atoms with Crippen LogP contribution < -0.4 is 10.6 Å². The molecule has 0 saturated heterocycles. The fourth-order valence-electron chi connectivity index (χ4n) is 3.44. The van der Waals surface area contributed by atoms with Crippen molar-refractivity contribution in [2.24, 2.45) is 0 Å². The highest BCUT2D eigenvalue weighted by Crippen LogP contribution is 2.30. The molecule has 1 amide bonds. The van der Waals surface area contributed by atoms with Crippen LogP contribution in [0.3, 0.4) is 0 Å². The van der Waals surface area contributed by atoms with Gasteiger partial charge in [0.1, 0.15) is 0 Å². The maximum absolute atomic E-state index is 12.9. The summed E-state index contributed by atoms with van der Waals surface area (Å²) < 4.78 is 5.77. The lowest BCUT2D eigenvalue weighted by atomic mass is 10.0. The average Bonchev–Trinajstić information content (AvgIpc) is 3.25. The van der Waals surface area contributed by atoms with E-state index in [-0.39, 0.29) is 11.0 Å². The van der Waals surface area contributed by atoms with Crippen LogP contribution in [-0.2, 0) is 0 Å².